The van der Waals surface area contributed by atoms with Gasteiger partial charge in [0.1, 0.15) is 6.04 Å². The van der Waals surface area contributed by atoms with E-state index in [2.05, 4.69) is 0 Å². The SMILES string of the molecule is CCC(=O)C1=C(O)C(=O)N(c2ccc(S(N)(=O)=O)cc2)C1c1cccs1. The number of nitrogens with zero attached hydrogens (tertiary/aromatic N) is 1. The number of Topliss-reactive ketones (excluding diaryl/α,β-unsaturated/α-hetero) is 1. The van der Waals surface area contributed by atoms with Gasteiger partial charge in [-0.2, -0.15) is 0 Å². The van der Waals surface area contributed by atoms with E-state index in [9.17, 15) is 23.1 Å². The average Bonchev–Trinajstić information content (AvgIpc) is 3.21. The van der Waals surface area contributed by atoms with Crippen LogP contribution in [0.25, 0.3) is 0 Å². The van der Waals surface area contributed by atoms with Crippen LogP contribution in [0.15, 0.2) is 58.0 Å². The number of aliphatic hydroxyl groups is 1. The normalized spacial score (nSPS) is 17.8. The van der Waals surface area contributed by atoms with Gasteiger partial charge in [0, 0.05) is 17.0 Å². The van der Waals surface area contributed by atoms with E-state index in [0.29, 0.717) is 5.69 Å². The number of amides is 1. The second-order valence-electron chi connectivity index (χ2n) is 5.67. The van der Waals surface area contributed by atoms with Gasteiger partial charge in [-0.25, -0.2) is 13.6 Å². The molecule has 1 atom stereocenters. The Balaban J connectivity index is 2.11. The van der Waals surface area contributed by atoms with Crippen molar-refractivity contribution in [3.05, 3.63) is 58.0 Å². The Hall–Kier alpha value is -2.49. The molecule has 26 heavy (non-hydrogen) atoms. The fourth-order valence-corrected chi connectivity index (χ4v) is 4.20. The molecule has 7 nitrogen and oxygen atoms in total. The molecule has 1 amide bonds. The molecule has 1 unspecified atom stereocenters. The summed E-state index contributed by atoms with van der Waals surface area (Å²) in [7, 11) is -3.87. The van der Waals surface area contributed by atoms with Gasteiger partial charge in [-0.1, -0.05) is 13.0 Å². The Morgan fingerprint density at radius 1 is 1.27 bits per heavy atom. The maximum atomic E-state index is 12.7. The third-order valence-electron chi connectivity index (χ3n) is 4.09. The summed E-state index contributed by atoms with van der Waals surface area (Å²) in [5.41, 5.74) is 0.404. The first-order chi connectivity index (χ1) is 12.3. The number of nitrogens with two attached hydrogens (primary N) is 1. The maximum absolute atomic E-state index is 12.7. The molecular weight excluding hydrogens is 376 g/mol. The minimum Gasteiger partial charge on any atom is -0.503 e. The predicted molar refractivity (Wildman–Crippen MR) is 97.3 cm³/mol. The molecule has 3 N–H and O–H groups in total. The third kappa shape index (κ3) is 3.05. The van der Waals surface area contributed by atoms with Crippen LogP contribution in [0.4, 0.5) is 5.69 Å². The van der Waals surface area contributed by atoms with E-state index in [4.69, 9.17) is 5.14 Å². The first-order valence-corrected chi connectivity index (χ1v) is 10.1. The summed E-state index contributed by atoms with van der Waals surface area (Å²) in [6, 6.07) is 8.21. The minimum atomic E-state index is -3.87. The van der Waals surface area contributed by atoms with E-state index in [1.807, 2.05) is 5.38 Å². The van der Waals surface area contributed by atoms with Gasteiger partial charge in [-0.05, 0) is 35.7 Å². The first kappa shape index (κ1) is 18.3. The standard InChI is InChI=1S/C17H16N2O5S2/c1-2-12(20)14-15(13-4-3-9-25-13)19(17(22)16(14)21)10-5-7-11(8-6-10)26(18,23)24/h3-9,15,21H,2H2,1H3,(H2,18,23,24). The lowest BCUT2D eigenvalue weighted by molar-refractivity contribution is -0.118. The average molecular weight is 392 g/mol. The minimum absolute atomic E-state index is 0.0514. The summed E-state index contributed by atoms with van der Waals surface area (Å²) in [6.07, 6.45) is 0.146. The van der Waals surface area contributed by atoms with E-state index < -0.39 is 27.7 Å². The van der Waals surface area contributed by atoms with Crippen molar-refractivity contribution in [2.75, 3.05) is 4.90 Å². The Morgan fingerprint density at radius 2 is 1.92 bits per heavy atom. The molecule has 136 valence electrons. The lowest BCUT2D eigenvalue weighted by atomic mass is 10.0. The van der Waals surface area contributed by atoms with Crippen molar-refractivity contribution in [2.24, 2.45) is 5.14 Å². The summed E-state index contributed by atoms with van der Waals surface area (Å²) in [4.78, 5) is 26.9. The quantitative estimate of drug-likeness (QED) is 0.809. The zero-order valence-corrected chi connectivity index (χ0v) is 15.4. The molecule has 1 aliphatic rings. The van der Waals surface area contributed by atoms with Crippen LogP contribution >= 0.6 is 11.3 Å². The molecule has 0 aliphatic carbocycles. The second-order valence-corrected chi connectivity index (χ2v) is 8.21. The number of thiophene rings is 1. The molecule has 1 aromatic heterocycles. The Labute approximate surface area is 154 Å². The molecule has 1 aliphatic heterocycles. The smallest absolute Gasteiger partial charge is 0.294 e. The number of hydrogen-bond acceptors (Lipinski definition) is 6. The number of anilines is 1. The van der Waals surface area contributed by atoms with Crippen LogP contribution in [0, 0.1) is 0 Å². The number of hydrogen-bond donors (Lipinski definition) is 2. The van der Waals surface area contributed by atoms with Crippen LogP contribution in [0.3, 0.4) is 0 Å². The van der Waals surface area contributed by atoms with Gasteiger partial charge in [-0.3, -0.25) is 14.5 Å². The fraction of sp³-hybridized carbons (Fsp3) is 0.176. The zero-order chi connectivity index (χ0) is 19.1. The summed E-state index contributed by atoms with van der Waals surface area (Å²) in [5, 5.41) is 17.2. The number of sulfonamides is 1. The van der Waals surface area contributed by atoms with Gasteiger partial charge >= 0.3 is 0 Å². The molecule has 2 heterocycles. The van der Waals surface area contributed by atoms with E-state index in [1.54, 1.807) is 19.1 Å². The van der Waals surface area contributed by atoms with Gasteiger partial charge in [-0.15, -0.1) is 11.3 Å². The van der Waals surface area contributed by atoms with Crippen molar-refractivity contribution in [1.82, 2.24) is 0 Å². The van der Waals surface area contributed by atoms with Crippen LogP contribution in [-0.4, -0.2) is 25.2 Å². The predicted octanol–water partition coefficient (Wildman–Crippen LogP) is 2.27. The monoisotopic (exact) mass is 392 g/mol. The van der Waals surface area contributed by atoms with Gasteiger partial charge in [0.25, 0.3) is 5.91 Å². The van der Waals surface area contributed by atoms with Crippen molar-refractivity contribution >= 4 is 38.7 Å². The van der Waals surface area contributed by atoms with Gasteiger partial charge in [0.2, 0.25) is 10.0 Å². The molecule has 0 saturated carbocycles. The van der Waals surface area contributed by atoms with Crippen LogP contribution in [-0.2, 0) is 19.6 Å². The third-order valence-corrected chi connectivity index (χ3v) is 5.94. The summed E-state index contributed by atoms with van der Waals surface area (Å²) < 4.78 is 22.8. The Kier molecular flexibility index (Phi) is 4.70. The van der Waals surface area contributed by atoms with Crippen molar-refractivity contribution in [3.8, 4) is 0 Å². The molecule has 2 aromatic rings. The molecule has 0 saturated heterocycles. The molecule has 9 heteroatoms. The maximum Gasteiger partial charge on any atom is 0.294 e. The second kappa shape index (κ2) is 6.67. The molecule has 0 radical (unpaired) electrons. The highest BCUT2D eigenvalue weighted by Crippen LogP contribution is 2.42. The number of carbonyl (C=O) groups excluding carboxylic acids is 2. The van der Waals surface area contributed by atoms with Crippen molar-refractivity contribution in [1.29, 1.82) is 0 Å². The lowest BCUT2D eigenvalue weighted by Crippen LogP contribution is -2.30. The van der Waals surface area contributed by atoms with E-state index >= 15 is 0 Å². The molecule has 0 bridgehead atoms. The van der Waals surface area contributed by atoms with Crippen molar-refractivity contribution < 1.29 is 23.1 Å². The summed E-state index contributed by atoms with van der Waals surface area (Å²) in [5.74, 6) is -1.60. The van der Waals surface area contributed by atoms with Crippen molar-refractivity contribution in [2.45, 2.75) is 24.3 Å². The Bertz CT molecular complexity index is 992. The first-order valence-electron chi connectivity index (χ1n) is 7.71. The lowest BCUT2D eigenvalue weighted by Gasteiger charge is -2.25. The van der Waals surface area contributed by atoms with E-state index in [0.717, 1.165) is 4.88 Å². The number of rotatable bonds is 5. The number of carbonyl (C=O) groups is 2. The highest BCUT2D eigenvalue weighted by Gasteiger charge is 2.44. The molecule has 1 aromatic carbocycles. The number of ketones is 1. The molecule has 0 spiro atoms. The van der Waals surface area contributed by atoms with Gasteiger partial charge in [0.05, 0.1) is 10.5 Å². The number of aliphatic hydroxyl groups excluding tert-OH is 1. The Morgan fingerprint density at radius 3 is 2.42 bits per heavy atom. The molecule has 0 fully saturated rings. The topological polar surface area (TPSA) is 118 Å². The zero-order valence-electron chi connectivity index (χ0n) is 13.7. The fourth-order valence-electron chi connectivity index (χ4n) is 2.86. The van der Waals surface area contributed by atoms with Crippen molar-refractivity contribution in [3.63, 3.8) is 0 Å². The summed E-state index contributed by atoms with van der Waals surface area (Å²) >= 11 is 1.35. The summed E-state index contributed by atoms with van der Waals surface area (Å²) in [6.45, 7) is 1.65. The van der Waals surface area contributed by atoms with Crippen LogP contribution in [0.5, 0.6) is 0 Å². The van der Waals surface area contributed by atoms with E-state index in [-0.39, 0.29) is 22.7 Å². The van der Waals surface area contributed by atoms with Gasteiger partial charge < -0.3 is 5.11 Å². The van der Waals surface area contributed by atoms with Crippen LogP contribution in [0.2, 0.25) is 0 Å². The van der Waals surface area contributed by atoms with E-state index in [1.165, 1.54) is 40.5 Å². The van der Waals surface area contributed by atoms with Crippen LogP contribution < -0.4 is 10.0 Å². The highest BCUT2D eigenvalue weighted by atomic mass is 32.2. The van der Waals surface area contributed by atoms with Gasteiger partial charge in [0.15, 0.2) is 11.5 Å². The number of benzene rings is 1. The highest BCUT2D eigenvalue weighted by molar-refractivity contribution is 7.89. The molecule has 3 rings (SSSR count). The largest absolute Gasteiger partial charge is 0.503 e. The van der Waals surface area contributed by atoms with Crippen LogP contribution in [0.1, 0.15) is 24.3 Å². The molecular formula is C17H16N2O5S2. The number of primary sulfonamides is 1.